The van der Waals surface area contributed by atoms with Gasteiger partial charge >= 0.3 is 0 Å². The van der Waals surface area contributed by atoms with Gasteiger partial charge in [0.15, 0.2) is 11.0 Å². The number of methoxy groups -OCH3 is 1. The normalized spacial score (nSPS) is 11.9. The highest BCUT2D eigenvalue weighted by Crippen LogP contribution is 2.34. The molecular weight excluding hydrogens is 330 g/mol. The van der Waals surface area contributed by atoms with Gasteiger partial charge in [-0.1, -0.05) is 0 Å². The number of aryl methyl sites for hydroxylation is 1. The number of anilines is 1. The van der Waals surface area contributed by atoms with Crippen LogP contribution >= 0.6 is 0 Å². The number of nitrogens with zero attached hydrogens (tertiary/aromatic N) is 3. The highest BCUT2D eigenvalue weighted by atomic mass is 16.5. The second-order valence-electron chi connectivity index (χ2n) is 6.35. The third-order valence-electron chi connectivity index (χ3n) is 5.10. The van der Waals surface area contributed by atoms with E-state index in [9.17, 15) is 4.79 Å². The van der Waals surface area contributed by atoms with E-state index in [0.29, 0.717) is 11.4 Å². The van der Waals surface area contributed by atoms with Crippen molar-refractivity contribution in [3.8, 4) is 5.75 Å². The molecule has 7 nitrogen and oxygen atoms in total. The highest BCUT2D eigenvalue weighted by molar-refractivity contribution is 6.15. The molecule has 5 rings (SSSR count). The van der Waals surface area contributed by atoms with Gasteiger partial charge in [0.05, 0.1) is 18.1 Å². The van der Waals surface area contributed by atoms with Gasteiger partial charge in [0, 0.05) is 23.3 Å². The average Bonchev–Trinajstić information content (AvgIpc) is 2.94. The van der Waals surface area contributed by atoms with Crippen molar-refractivity contribution in [3.05, 3.63) is 47.8 Å². The van der Waals surface area contributed by atoms with E-state index in [1.54, 1.807) is 13.3 Å². The van der Waals surface area contributed by atoms with Crippen LogP contribution in [0.25, 0.3) is 33.0 Å². The summed E-state index contributed by atoms with van der Waals surface area (Å²) in [5.41, 5.74) is 17.7. The van der Waals surface area contributed by atoms with Gasteiger partial charge in [0.1, 0.15) is 16.8 Å². The smallest absolute Gasteiger partial charge is 0.291 e. The van der Waals surface area contributed by atoms with Gasteiger partial charge in [-0.25, -0.2) is 0 Å². The van der Waals surface area contributed by atoms with Crippen molar-refractivity contribution in [2.24, 2.45) is 5.73 Å². The van der Waals surface area contributed by atoms with Crippen LogP contribution in [-0.4, -0.2) is 22.4 Å². The van der Waals surface area contributed by atoms with Crippen LogP contribution in [0.4, 0.5) is 5.82 Å². The van der Waals surface area contributed by atoms with Crippen molar-refractivity contribution in [2.75, 3.05) is 12.8 Å². The summed E-state index contributed by atoms with van der Waals surface area (Å²) in [6.45, 7) is 1.97. The van der Waals surface area contributed by atoms with Crippen LogP contribution in [0.2, 0.25) is 0 Å². The van der Waals surface area contributed by atoms with E-state index in [0.717, 1.165) is 44.3 Å². The molecule has 26 heavy (non-hydrogen) atoms. The van der Waals surface area contributed by atoms with Gasteiger partial charge in [-0.05, 0) is 31.2 Å². The summed E-state index contributed by atoms with van der Waals surface area (Å²) in [5.74, 6) is 0.522. The molecule has 3 aromatic heterocycles. The number of benzene rings is 2. The number of fused-ring (bicyclic) bond motifs is 3. The fraction of sp³-hybridized carbons (Fsp3) is 0.105. The van der Waals surface area contributed by atoms with Crippen molar-refractivity contribution < 1.29 is 13.9 Å². The van der Waals surface area contributed by atoms with Crippen LogP contribution in [0, 0.1) is 6.92 Å². The number of primary amides is 1. The Morgan fingerprint density at radius 3 is 2.77 bits per heavy atom. The van der Waals surface area contributed by atoms with Crippen LogP contribution in [-0.2, 0) is 0 Å². The lowest BCUT2D eigenvalue weighted by atomic mass is 10.1. The Balaban J connectivity index is 2.25. The highest BCUT2D eigenvalue weighted by Gasteiger charge is 2.30. The number of hydrogen-bond acceptors (Lipinski definition) is 4. The molecule has 0 aliphatic carbocycles. The largest absolute Gasteiger partial charge is 0.496 e. The fourth-order valence-corrected chi connectivity index (χ4v) is 4.02. The molecule has 0 unspecified atom stereocenters. The second kappa shape index (κ2) is 4.72. The first-order valence-electron chi connectivity index (χ1n) is 8.16. The molecular formula is C19H16N5O2+. The third kappa shape index (κ3) is 1.55. The first-order chi connectivity index (χ1) is 12.5. The third-order valence-corrected chi connectivity index (χ3v) is 5.10. The number of aromatic nitrogens is 3. The Bertz CT molecular complexity index is 1370. The lowest BCUT2D eigenvalue weighted by molar-refractivity contribution is -0.460. The van der Waals surface area contributed by atoms with E-state index >= 15 is 0 Å². The van der Waals surface area contributed by atoms with Crippen LogP contribution in [0.3, 0.4) is 0 Å². The Morgan fingerprint density at radius 1 is 1.23 bits per heavy atom. The summed E-state index contributed by atoms with van der Waals surface area (Å²) in [6.07, 6.45) is 3.66. The molecule has 0 aliphatic rings. The van der Waals surface area contributed by atoms with E-state index < -0.39 is 5.91 Å². The van der Waals surface area contributed by atoms with Gasteiger partial charge in [-0.3, -0.25) is 15.5 Å². The number of nitrogens with two attached hydrogens (primary N) is 2. The van der Waals surface area contributed by atoms with Crippen LogP contribution in [0.1, 0.15) is 15.9 Å². The van der Waals surface area contributed by atoms with E-state index in [1.807, 2.05) is 41.8 Å². The topological polar surface area (TPSA) is 99.7 Å². The lowest BCUT2D eigenvalue weighted by Gasteiger charge is -2.13. The molecule has 3 heterocycles. The maximum Gasteiger partial charge on any atom is 0.291 e. The maximum absolute atomic E-state index is 12.1. The van der Waals surface area contributed by atoms with Gasteiger partial charge in [0.2, 0.25) is 0 Å². The minimum absolute atomic E-state index is 0.326. The molecule has 0 spiro atoms. The first kappa shape index (κ1) is 14.7. The second-order valence-corrected chi connectivity index (χ2v) is 6.35. The minimum Gasteiger partial charge on any atom is -0.496 e. The Hall–Kier alpha value is -3.61. The summed E-state index contributed by atoms with van der Waals surface area (Å²) in [6, 6.07) is 7.63. The number of nitrogen functional groups attached to an aromatic ring is 1. The number of carbonyl (C=O) groups is 1. The summed E-state index contributed by atoms with van der Waals surface area (Å²) in [5, 5.41) is 0.720. The van der Waals surface area contributed by atoms with Gasteiger partial charge in [0.25, 0.3) is 11.7 Å². The SMILES string of the molecule is COc1ccc2c(c1C)[n+]1c(N)c(C(N)=O)c3ccc4nccn2c4c31. The number of hydrogen-bond donors (Lipinski definition) is 2. The number of ether oxygens (including phenoxy) is 1. The quantitative estimate of drug-likeness (QED) is 0.289. The monoisotopic (exact) mass is 346 g/mol. The summed E-state index contributed by atoms with van der Waals surface area (Å²) < 4.78 is 9.46. The van der Waals surface area contributed by atoms with Gasteiger partial charge in [-0.15, -0.1) is 0 Å². The molecule has 7 heteroatoms. The summed E-state index contributed by atoms with van der Waals surface area (Å²) in [7, 11) is 1.63. The zero-order chi connectivity index (χ0) is 18.2. The molecule has 2 aromatic carbocycles. The van der Waals surface area contributed by atoms with Crippen molar-refractivity contribution >= 4 is 44.7 Å². The zero-order valence-corrected chi connectivity index (χ0v) is 14.3. The molecule has 5 aromatic rings. The molecule has 0 atom stereocenters. The molecule has 0 fully saturated rings. The fourth-order valence-electron chi connectivity index (χ4n) is 4.02. The molecule has 0 bridgehead atoms. The zero-order valence-electron chi connectivity index (χ0n) is 14.3. The molecule has 0 saturated heterocycles. The Kier molecular flexibility index (Phi) is 2.67. The standard InChI is InChI=1S/C19H15N5O2/c1-9-13(26-2)6-5-12-15(9)24-16-10(14(18(24)20)19(21)25)3-4-11-17(16)23(12)8-7-22-11/h3-8,20H,1-2H3,(H2,21,25)/p+1. The molecule has 1 amide bonds. The van der Waals surface area contributed by atoms with Crippen molar-refractivity contribution in [1.29, 1.82) is 0 Å². The number of amides is 1. The molecule has 128 valence electrons. The predicted octanol–water partition coefficient (Wildman–Crippen LogP) is 1.82. The van der Waals surface area contributed by atoms with Gasteiger partial charge < -0.3 is 14.9 Å². The number of carbonyl (C=O) groups excluding carboxylic acids is 1. The number of rotatable bonds is 2. The average molecular weight is 346 g/mol. The molecule has 0 saturated carbocycles. The van der Waals surface area contributed by atoms with E-state index in [2.05, 4.69) is 9.38 Å². The molecule has 4 N–H and O–H groups in total. The van der Waals surface area contributed by atoms with E-state index in [1.165, 1.54) is 0 Å². The van der Waals surface area contributed by atoms with Crippen molar-refractivity contribution in [3.63, 3.8) is 0 Å². The van der Waals surface area contributed by atoms with E-state index in [-0.39, 0.29) is 0 Å². The molecule has 0 aliphatic heterocycles. The van der Waals surface area contributed by atoms with Gasteiger partial charge in [-0.2, -0.15) is 4.40 Å². The molecule has 0 radical (unpaired) electrons. The lowest BCUT2D eigenvalue weighted by Crippen LogP contribution is -2.28. The van der Waals surface area contributed by atoms with Crippen molar-refractivity contribution in [1.82, 2.24) is 9.38 Å². The maximum atomic E-state index is 12.1. The van der Waals surface area contributed by atoms with Crippen molar-refractivity contribution in [2.45, 2.75) is 6.92 Å². The first-order valence-corrected chi connectivity index (χ1v) is 8.16. The van der Waals surface area contributed by atoms with Crippen LogP contribution < -0.4 is 20.6 Å². The Morgan fingerprint density at radius 2 is 2.04 bits per heavy atom. The Labute approximate surface area is 147 Å². The van der Waals surface area contributed by atoms with Crippen LogP contribution in [0.5, 0.6) is 5.75 Å². The van der Waals surface area contributed by atoms with Crippen LogP contribution in [0.15, 0.2) is 36.7 Å². The summed E-state index contributed by atoms with van der Waals surface area (Å²) >= 11 is 0. The predicted molar refractivity (Wildman–Crippen MR) is 98.8 cm³/mol. The van der Waals surface area contributed by atoms with E-state index in [4.69, 9.17) is 16.2 Å². The summed E-state index contributed by atoms with van der Waals surface area (Å²) in [4.78, 5) is 16.6. The minimum atomic E-state index is -0.551.